The zero-order chi connectivity index (χ0) is 10.7. The van der Waals surface area contributed by atoms with Crippen molar-refractivity contribution in [2.24, 2.45) is 5.16 Å². The Kier molecular flexibility index (Phi) is 2.88. The van der Waals surface area contributed by atoms with Crippen molar-refractivity contribution in [3.63, 3.8) is 0 Å². The molecule has 0 radical (unpaired) electrons. The molecule has 0 aliphatic carbocycles. The summed E-state index contributed by atoms with van der Waals surface area (Å²) in [6.45, 7) is 0. The lowest BCUT2D eigenvalue weighted by Crippen LogP contribution is -1.93. The summed E-state index contributed by atoms with van der Waals surface area (Å²) < 4.78 is 0. The summed E-state index contributed by atoms with van der Waals surface area (Å²) in [7, 11) is 0. The number of nitro groups is 1. The summed E-state index contributed by atoms with van der Waals surface area (Å²) >= 11 is 5.58. The van der Waals surface area contributed by atoms with Crippen molar-refractivity contribution in [2.75, 3.05) is 0 Å². The fraction of sp³-hybridized carbons (Fsp3) is 0. The van der Waals surface area contributed by atoms with Crippen LogP contribution in [0.1, 0.15) is 5.56 Å². The van der Waals surface area contributed by atoms with Gasteiger partial charge in [0.15, 0.2) is 0 Å². The maximum atomic E-state index is 10.4. The van der Waals surface area contributed by atoms with Crippen LogP contribution in [-0.2, 0) is 0 Å². The van der Waals surface area contributed by atoms with Gasteiger partial charge in [-0.1, -0.05) is 16.8 Å². The fourth-order valence-corrected chi connectivity index (χ4v) is 1.17. The van der Waals surface area contributed by atoms with Crippen molar-refractivity contribution in [1.29, 1.82) is 0 Å². The first kappa shape index (κ1) is 10.3. The Morgan fingerprint density at radius 3 is 2.71 bits per heavy atom. The van der Waals surface area contributed by atoms with Crippen LogP contribution in [0.4, 0.5) is 5.69 Å². The van der Waals surface area contributed by atoms with Crippen LogP contribution in [0.15, 0.2) is 17.3 Å². The molecule has 0 saturated heterocycles. The molecule has 14 heavy (non-hydrogen) atoms. The molecular formula is C7H5ClN2O4. The maximum absolute atomic E-state index is 10.4. The van der Waals surface area contributed by atoms with Crippen molar-refractivity contribution in [3.05, 3.63) is 32.8 Å². The van der Waals surface area contributed by atoms with Gasteiger partial charge in [-0.05, 0) is 6.07 Å². The van der Waals surface area contributed by atoms with Crippen LogP contribution in [0.3, 0.4) is 0 Å². The van der Waals surface area contributed by atoms with E-state index in [2.05, 4.69) is 5.16 Å². The third-order valence-corrected chi connectivity index (χ3v) is 1.92. The van der Waals surface area contributed by atoms with E-state index in [1.807, 2.05) is 0 Å². The number of hydrogen-bond acceptors (Lipinski definition) is 5. The normalized spacial score (nSPS) is 10.6. The average Bonchev–Trinajstić information content (AvgIpc) is 2.11. The highest BCUT2D eigenvalue weighted by atomic mass is 35.5. The van der Waals surface area contributed by atoms with Gasteiger partial charge in [-0.3, -0.25) is 10.1 Å². The second kappa shape index (κ2) is 3.93. The summed E-state index contributed by atoms with van der Waals surface area (Å²) in [5.74, 6) is -0.293. The number of benzene rings is 1. The van der Waals surface area contributed by atoms with Crippen LogP contribution < -0.4 is 0 Å². The third kappa shape index (κ3) is 1.74. The van der Waals surface area contributed by atoms with Gasteiger partial charge in [-0.25, -0.2) is 0 Å². The molecule has 0 fully saturated rings. The van der Waals surface area contributed by atoms with Crippen molar-refractivity contribution >= 4 is 23.5 Å². The molecule has 0 aromatic heterocycles. The van der Waals surface area contributed by atoms with Gasteiger partial charge in [0, 0.05) is 6.07 Å². The Hall–Kier alpha value is -1.82. The van der Waals surface area contributed by atoms with E-state index in [0.29, 0.717) is 0 Å². The first-order chi connectivity index (χ1) is 6.57. The monoisotopic (exact) mass is 216 g/mol. The molecule has 0 bridgehead atoms. The fourth-order valence-electron chi connectivity index (χ4n) is 0.893. The number of halogens is 1. The largest absolute Gasteiger partial charge is 0.507 e. The van der Waals surface area contributed by atoms with Gasteiger partial charge in [0.2, 0.25) is 0 Å². The van der Waals surface area contributed by atoms with E-state index in [-0.39, 0.29) is 22.0 Å². The Morgan fingerprint density at radius 2 is 2.21 bits per heavy atom. The Bertz CT molecular complexity index is 405. The van der Waals surface area contributed by atoms with E-state index >= 15 is 0 Å². The quantitative estimate of drug-likeness (QED) is 0.341. The highest BCUT2D eigenvalue weighted by Gasteiger charge is 2.17. The van der Waals surface area contributed by atoms with E-state index in [1.165, 1.54) is 0 Å². The van der Waals surface area contributed by atoms with Crippen molar-refractivity contribution in [3.8, 4) is 5.75 Å². The Morgan fingerprint density at radius 1 is 1.57 bits per heavy atom. The SMILES string of the molecule is O=[N+]([O-])c1ccc(O)c(/C=N/O)c1Cl. The van der Waals surface area contributed by atoms with Crippen LogP contribution in [0.5, 0.6) is 5.75 Å². The molecule has 0 amide bonds. The first-order valence-corrected chi connectivity index (χ1v) is 3.79. The highest BCUT2D eigenvalue weighted by Crippen LogP contribution is 2.32. The molecule has 2 N–H and O–H groups in total. The number of rotatable bonds is 2. The number of phenols is 1. The molecule has 1 aromatic carbocycles. The lowest BCUT2D eigenvalue weighted by molar-refractivity contribution is -0.384. The number of phenolic OH excluding ortho intramolecular Hbond substituents is 1. The second-order valence-corrected chi connectivity index (χ2v) is 2.71. The predicted molar refractivity (Wildman–Crippen MR) is 49.2 cm³/mol. The number of hydrogen-bond donors (Lipinski definition) is 2. The summed E-state index contributed by atoms with van der Waals surface area (Å²) in [5, 5.41) is 30.2. The van der Waals surface area contributed by atoms with Gasteiger partial charge >= 0.3 is 0 Å². The molecule has 7 heteroatoms. The maximum Gasteiger partial charge on any atom is 0.288 e. The number of aromatic hydroxyl groups is 1. The number of oxime groups is 1. The molecule has 0 aliphatic heterocycles. The summed E-state index contributed by atoms with van der Waals surface area (Å²) in [6.07, 6.45) is 0.824. The summed E-state index contributed by atoms with van der Waals surface area (Å²) in [5.41, 5.74) is -0.456. The summed E-state index contributed by atoms with van der Waals surface area (Å²) in [6, 6.07) is 2.16. The van der Waals surface area contributed by atoms with Gasteiger partial charge in [-0.15, -0.1) is 0 Å². The molecule has 0 atom stereocenters. The molecule has 1 aromatic rings. The van der Waals surface area contributed by atoms with E-state index in [4.69, 9.17) is 16.8 Å². The molecule has 6 nitrogen and oxygen atoms in total. The molecule has 0 saturated carbocycles. The van der Waals surface area contributed by atoms with Crippen LogP contribution in [0.25, 0.3) is 0 Å². The Balaban J connectivity index is 3.40. The van der Waals surface area contributed by atoms with Gasteiger partial charge in [0.25, 0.3) is 5.69 Å². The molecule has 0 unspecified atom stereocenters. The van der Waals surface area contributed by atoms with Crippen LogP contribution in [0, 0.1) is 10.1 Å². The minimum Gasteiger partial charge on any atom is -0.507 e. The highest BCUT2D eigenvalue weighted by molar-refractivity contribution is 6.35. The van der Waals surface area contributed by atoms with Crippen LogP contribution in [0.2, 0.25) is 5.02 Å². The van der Waals surface area contributed by atoms with Crippen molar-refractivity contribution in [2.45, 2.75) is 0 Å². The predicted octanol–water partition coefficient (Wildman–Crippen LogP) is 1.76. The lowest BCUT2D eigenvalue weighted by Gasteiger charge is -2.01. The minimum atomic E-state index is -0.698. The average molecular weight is 217 g/mol. The van der Waals surface area contributed by atoms with E-state index in [1.54, 1.807) is 0 Å². The minimum absolute atomic E-state index is 0.0941. The van der Waals surface area contributed by atoms with Crippen molar-refractivity contribution < 1.29 is 15.2 Å². The van der Waals surface area contributed by atoms with E-state index < -0.39 is 4.92 Å². The molecule has 1 rings (SSSR count). The smallest absolute Gasteiger partial charge is 0.288 e. The zero-order valence-electron chi connectivity index (χ0n) is 6.72. The lowest BCUT2D eigenvalue weighted by atomic mass is 10.2. The third-order valence-electron chi connectivity index (χ3n) is 1.52. The van der Waals surface area contributed by atoms with E-state index in [9.17, 15) is 15.2 Å². The van der Waals surface area contributed by atoms with Crippen LogP contribution >= 0.6 is 11.6 Å². The molecule has 74 valence electrons. The molecule has 0 spiro atoms. The van der Waals surface area contributed by atoms with E-state index in [0.717, 1.165) is 18.3 Å². The van der Waals surface area contributed by atoms with Gasteiger partial charge < -0.3 is 10.3 Å². The molecule has 0 aliphatic rings. The number of nitrogens with zero attached hydrogens (tertiary/aromatic N) is 2. The first-order valence-electron chi connectivity index (χ1n) is 3.41. The molecular weight excluding hydrogens is 212 g/mol. The van der Waals surface area contributed by atoms with Crippen LogP contribution in [-0.4, -0.2) is 21.5 Å². The summed E-state index contributed by atoms with van der Waals surface area (Å²) in [4.78, 5) is 9.72. The topological polar surface area (TPSA) is 96.0 Å². The zero-order valence-corrected chi connectivity index (χ0v) is 7.47. The standard InChI is InChI=1S/C7H5ClN2O4/c8-7-4(3-9-12)6(11)2-1-5(7)10(13)14/h1-3,11-12H/b9-3+. The Labute approximate surface area is 83.2 Å². The molecule has 0 heterocycles. The number of nitro benzene ring substituents is 1. The van der Waals surface area contributed by atoms with Gasteiger partial charge in [0.1, 0.15) is 10.8 Å². The second-order valence-electron chi connectivity index (χ2n) is 2.33. The van der Waals surface area contributed by atoms with Crippen molar-refractivity contribution in [1.82, 2.24) is 0 Å². The van der Waals surface area contributed by atoms with Gasteiger partial charge in [-0.2, -0.15) is 0 Å². The van der Waals surface area contributed by atoms with Gasteiger partial charge in [0.05, 0.1) is 16.7 Å².